The highest BCUT2D eigenvalue weighted by molar-refractivity contribution is 7.80. The molecule has 4 nitrogen and oxygen atoms in total. The first-order valence-corrected chi connectivity index (χ1v) is 11.5. The number of methoxy groups -OCH3 is 2. The van der Waals surface area contributed by atoms with Crippen molar-refractivity contribution in [2.75, 3.05) is 14.2 Å². The van der Waals surface area contributed by atoms with Crippen LogP contribution < -0.4 is 25.4 Å². The number of alkyl halides is 3. The van der Waals surface area contributed by atoms with Crippen LogP contribution >= 0.6 is 7.92 Å². The molecule has 2 heterocycles. The van der Waals surface area contributed by atoms with Crippen LogP contribution in [0.5, 0.6) is 11.5 Å². The average molecular weight is 468 g/mol. The van der Waals surface area contributed by atoms with Gasteiger partial charge in [0.05, 0.1) is 19.8 Å². The van der Waals surface area contributed by atoms with E-state index in [-0.39, 0.29) is 0 Å². The Kier molecular flexibility index (Phi) is 5.29. The zero-order valence-corrected chi connectivity index (χ0v) is 18.7. The quantitative estimate of drug-likeness (QED) is 0.338. The van der Waals surface area contributed by atoms with Crippen LogP contribution in [0.25, 0.3) is 21.8 Å². The van der Waals surface area contributed by atoms with Crippen LogP contribution in [-0.4, -0.2) is 24.2 Å². The van der Waals surface area contributed by atoms with Gasteiger partial charge >= 0.3 is 6.18 Å². The van der Waals surface area contributed by atoms with E-state index in [2.05, 4.69) is 9.97 Å². The largest absolute Gasteiger partial charge is 0.497 e. The topological polar surface area (TPSA) is 50.0 Å². The number of nitrogens with one attached hydrogen (secondary N) is 2. The number of aromatic amines is 2. The second-order valence-corrected chi connectivity index (χ2v) is 9.70. The summed E-state index contributed by atoms with van der Waals surface area (Å²) in [4.78, 5) is 6.61. The number of aromatic nitrogens is 2. The predicted octanol–water partition coefficient (Wildman–Crippen LogP) is 5.44. The van der Waals surface area contributed by atoms with Gasteiger partial charge < -0.3 is 19.4 Å². The highest BCUT2D eigenvalue weighted by Gasteiger charge is 2.31. The summed E-state index contributed by atoms with van der Waals surface area (Å²) in [6.45, 7) is 0. The summed E-state index contributed by atoms with van der Waals surface area (Å²) in [5.74, 6) is 1.46. The Morgan fingerprint density at radius 3 is 1.61 bits per heavy atom. The van der Waals surface area contributed by atoms with E-state index >= 15 is 0 Å². The van der Waals surface area contributed by atoms with E-state index in [1.165, 1.54) is 0 Å². The molecule has 0 saturated heterocycles. The predicted molar refractivity (Wildman–Crippen MR) is 127 cm³/mol. The van der Waals surface area contributed by atoms with E-state index in [1.807, 2.05) is 48.8 Å². The second-order valence-electron chi connectivity index (χ2n) is 7.55. The van der Waals surface area contributed by atoms with E-state index in [4.69, 9.17) is 9.47 Å². The minimum atomic E-state index is -4.38. The first-order chi connectivity index (χ1) is 15.9. The Hall–Kier alpha value is -3.44. The van der Waals surface area contributed by atoms with E-state index in [9.17, 15) is 13.2 Å². The molecule has 0 unspecified atom stereocenters. The fourth-order valence-corrected chi connectivity index (χ4v) is 6.53. The van der Waals surface area contributed by atoms with E-state index < -0.39 is 19.7 Å². The van der Waals surface area contributed by atoms with E-state index in [0.717, 1.165) is 61.4 Å². The van der Waals surface area contributed by atoms with Crippen LogP contribution in [0, 0.1) is 0 Å². The minimum Gasteiger partial charge on any atom is -0.497 e. The van der Waals surface area contributed by atoms with Crippen LogP contribution in [-0.2, 0) is 6.18 Å². The lowest BCUT2D eigenvalue weighted by Gasteiger charge is -2.19. The number of hydrogen-bond acceptors (Lipinski definition) is 2. The Balaban J connectivity index is 1.71. The molecule has 2 N–H and O–H groups in total. The van der Waals surface area contributed by atoms with Crippen LogP contribution in [0.15, 0.2) is 73.1 Å². The molecule has 0 radical (unpaired) electrons. The smallest absolute Gasteiger partial charge is 0.416 e. The number of fused-ring (bicyclic) bond motifs is 2. The molecule has 33 heavy (non-hydrogen) atoms. The van der Waals surface area contributed by atoms with Crippen molar-refractivity contribution < 1.29 is 22.6 Å². The van der Waals surface area contributed by atoms with Crippen molar-refractivity contribution in [1.82, 2.24) is 9.97 Å². The molecule has 0 aliphatic carbocycles. The van der Waals surface area contributed by atoms with Gasteiger partial charge in [-0.3, -0.25) is 0 Å². The van der Waals surface area contributed by atoms with Crippen molar-refractivity contribution in [2.45, 2.75) is 6.18 Å². The van der Waals surface area contributed by atoms with Crippen molar-refractivity contribution in [3.05, 3.63) is 78.6 Å². The van der Waals surface area contributed by atoms with Gasteiger partial charge in [-0.25, -0.2) is 0 Å². The maximum absolute atomic E-state index is 13.2. The number of hydrogen-bond donors (Lipinski definition) is 2. The molecule has 0 aliphatic rings. The molecule has 2 aromatic heterocycles. The Morgan fingerprint density at radius 2 is 1.18 bits per heavy atom. The SMILES string of the molecule is COc1ccc2c(P(c3ccc(C(F)(F)F)cc3)c3c[nH]c4cc(OC)ccc34)c[nH]c2c1. The molecular formula is C25H20F3N2O2P. The maximum atomic E-state index is 13.2. The monoisotopic (exact) mass is 468 g/mol. The van der Waals surface area contributed by atoms with E-state index in [1.54, 1.807) is 26.4 Å². The zero-order valence-electron chi connectivity index (χ0n) is 17.8. The summed E-state index contributed by atoms with van der Waals surface area (Å²) in [5, 5.41) is 4.89. The highest BCUT2D eigenvalue weighted by Crippen LogP contribution is 2.40. The molecule has 0 aliphatic heterocycles. The molecule has 5 aromatic rings. The lowest BCUT2D eigenvalue weighted by atomic mass is 10.2. The zero-order chi connectivity index (χ0) is 23.2. The molecule has 0 amide bonds. The summed E-state index contributed by atoms with van der Waals surface area (Å²) in [5.41, 5.74) is 1.16. The van der Waals surface area contributed by atoms with Crippen molar-refractivity contribution in [2.24, 2.45) is 0 Å². The van der Waals surface area contributed by atoms with Gasteiger partial charge in [0, 0.05) is 56.9 Å². The fourth-order valence-electron chi connectivity index (χ4n) is 4.01. The fraction of sp³-hybridized carbons (Fsp3) is 0.120. The first kappa shape index (κ1) is 21.4. The molecule has 0 bridgehead atoms. The molecule has 0 atom stereocenters. The molecule has 8 heteroatoms. The van der Waals surface area contributed by atoms with Gasteiger partial charge in [-0.1, -0.05) is 12.1 Å². The summed E-state index contributed by atoms with van der Waals surface area (Å²) in [6.07, 6.45) is -0.498. The van der Waals surface area contributed by atoms with Crippen LogP contribution in [0.4, 0.5) is 13.2 Å². The van der Waals surface area contributed by atoms with Gasteiger partial charge in [0.2, 0.25) is 0 Å². The van der Waals surface area contributed by atoms with Crippen molar-refractivity contribution in [3.63, 3.8) is 0 Å². The molecule has 0 saturated carbocycles. The molecule has 5 rings (SSSR count). The third kappa shape index (κ3) is 3.83. The molecule has 3 aromatic carbocycles. The third-order valence-corrected chi connectivity index (χ3v) is 8.19. The summed E-state index contributed by atoms with van der Waals surface area (Å²) in [7, 11) is 2.06. The summed E-state index contributed by atoms with van der Waals surface area (Å²) >= 11 is 0. The van der Waals surface area contributed by atoms with Crippen molar-refractivity contribution in [1.29, 1.82) is 0 Å². The van der Waals surface area contributed by atoms with Gasteiger partial charge in [0.15, 0.2) is 0 Å². The maximum Gasteiger partial charge on any atom is 0.416 e. The van der Waals surface area contributed by atoms with Crippen molar-refractivity contribution in [3.8, 4) is 11.5 Å². The van der Waals surface area contributed by atoms with Gasteiger partial charge in [0.1, 0.15) is 11.5 Å². The first-order valence-electron chi connectivity index (χ1n) is 10.2. The van der Waals surface area contributed by atoms with Crippen LogP contribution in [0.2, 0.25) is 0 Å². The van der Waals surface area contributed by atoms with Gasteiger partial charge in [0.25, 0.3) is 0 Å². The van der Waals surface area contributed by atoms with Gasteiger partial charge in [-0.15, -0.1) is 0 Å². The summed E-state index contributed by atoms with van der Waals surface area (Å²) in [6, 6.07) is 17.0. The Bertz CT molecular complexity index is 1360. The van der Waals surface area contributed by atoms with Crippen LogP contribution in [0.3, 0.4) is 0 Å². The number of rotatable bonds is 5. The second kappa shape index (κ2) is 8.16. The molecule has 168 valence electrons. The number of halogens is 3. The normalized spacial score (nSPS) is 12.1. The number of H-pyrrole nitrogens is 2. The Morgan fingerprint density at radius 1 is 0.697 bits per heavy atom. The van der Waals surface area contributed by atoms with Crippen molar-refractivity contribution >= 4 is 45.6 Å². The lowest BCUT2D eigenvalue weighted by Crippen LogP contribution is -2.20. The minimum absolute atomic E-state index is 0.659. The Labute approximate surface area is 189 Å². The molecule has 0 spiro atoms. The highest BCUT2D eigenvalue weighted by atomic mass is 31.1. The average Bonchev–Trinajstić information content (AvgIpc) is 3.43. The van der Waals surface area contributed by atoms with E-state index in [0.29, 0.717) is 0 Å². The third-order valence-electron chi connectivity index (χ3n) is 5.67. The van der Waals surface area contributed by atoms with Gasteiger partial charge in [-0.05, 0) is 49.6 Å². The van der Waals surface area contributed by atoms with Gasteiger partial charge in [-0.2, -0.15) is 13.2 Å². The lowest BCUT2D eigenvalue weighted by molar-refractivity contribution is -0.137. The summed E-state index contributed by atoms with van der Waals surface area (Å²) < 4.78 is 50.3. The number of benzene rings is 3. The standard InChI is InChI=1S/C25H20F3N2O2P/c1-31-16-5-9-19-21(11-16)29-13-23(19)33(18-7-3-15(4-8-18)25(26,27)28)24-14-30-22-12-17(32-2)6-10-20(22)24/h3-14,29-30H,1-2H3. The van der Waals surface area contributed by atoms with Crippen LogP contribution in [0.1, 0.15) is 5.56 Å². The molecule has 0 fully saturated rings. The number of ether oxygens (including phenoxy) is 2. The molecular weight excluding hydrogens is 448 g/mol.